The second kappa shape index (κ2) is 10.9. The summed E-state index contributed by atoms with van der Waals surface area (Å²) in [5.41, 5.74) is 0.830. The predicted molar refractivity (Wildman–Crippen MR) is 119 cm³/mol. The van der Waals surface area contributed by atoms with Gasteiger partial charge in [0.25, 0.3) is 0 Å². The van der Waals surface area contributed by atoms with E-state index in [4.69, 9.17) is 9.47 Å². The first-order chi connectivity index (χ1) is 15.3. The van der Waals surface area contributed by atoms with Crippen LogP contribution in [0.1, 0.15) is 38.2 Å². The first kappa shape index (κ1) is 24.2. The Balaban J connectivity index is 1.77. The molecule has 1 aliphatic carbocycles. The molecule has 1 fully saturated rings. The molecular weight excluding hydrogens is 433 g/mol. The Kier molecular flexibility index (Phi) is 8.26. The Morgan fingerprint density at radius 2 is 1.66 bits per heavy atom. The molecular formula is C24H30FNO5S. The molecule has 3 rings (SSSR count). The standard InChI is InChI=1S/C24H30FNO5S/c1-3-31-24(27)20-8-4-18(5-9-20)16-26(17-19-6-12-22(30-2)13-7-19)32(28,29)23-14-10-21(25)11-15-23/h6-7,10-15,18,20H,3-5,8-9,16-17H2,1-2H3. The van der Waals surface area contributed by atoms with Gasteiger partial charge in [0.1, 0.15) is 11.6 Å². The fourth-order valence-corrected chi connectivity index (χ4v) is 5.57. The minimum Gasteiger partial charge on any atom is -0.497 e. The van der Waals surface area contributed by atoms with Crippen molar-refractivity contribution in [1.29, 1.82) is 0 Å². The summed E-state index contributed by atoms with van der Waals surface area (Å²) in [6, 6.07) is 12.2. The Labute approximate surface area is 189 Å². The molecule has 1 saturated carbocycles. The molecule has 0 atom stereocenters. The Morgan fingerprint density at radius 1 is 1.03 bits per heavy atom. The molecule has 1 aliphatic rings. The number of esters is 1. The number of sulfonamides is 1. The zero-order valence-corrected chi connectivity index (χ0v) is 19.3. The molecule has 0 amide bonds. The molecule has 0 unspecified atom stereocenters. The number of nitrogens with zero attached hydrogens (tertiary/aromatic N) is 1. The van der Waals surface area contributed by atoms with Gasteiger partial charge in [0.2, 0.25) is 10.0 Å². The quantitative estimate of drug-likeness (QED) is 0.516. The van der Waals surface area contributed by atoms with Crippen LogP contribution in [0.2, 0.25) is 0 Å². The number of rotatable bonds is 9. The lowest BCUT2D eigenvalue weighted by Gasteiger charge is -2.31. The van der Waals surface area contributed by atoms with E-state index in [1.165, 1.54) is 16.4 Å². The van der Waals surface area contributed by atoms with Gasteiger partial charge in [-0.1, -0.05) is 12.1 Å². The maximum absolute atomic E-state index is 13.4. The summed E-state index contributed by atoms with van der Waals surface area (Å²) in [4.78, 5) is 12.1. The van der Waals surface area contributed by atoms with Gasteiger partial charge in [0.15, 0.2) is 0 Å². The van der Waals surface area contributed by atoms with E-state index < -0.39 is 15.8 Å². The van der Waals surface area contributed by atoms with Crippen LogP contribution >= 0.6 is 0 Å². The van der Waals surface area contributed by atoms with E-state index in [-0.39, 0.29) is 29.2 Å². The lowest BCUT2D eigenvalue weighted by Crippen LogP contribution is -2.37. The van der Waals surface area contributed by atoms with Crippen LogP contribution in [0.25, 0.3) is 0 Å². The minimum atomic E-state index is -3.83. The van der Waals surface area contributed by atoms with Crippen LogP contribution < -0.4 is 4.74 Å². The van der Waals surface area contributed by atoms with Crippen LogP contribution in [0.5, 0.6) is 5.75 Å². The van der Waals surface area contributed by atoms with E-state index in [0.717, 1.165) is 30.5 Å². The number of benzene rings is 2. The molecule has 0 heterocycles. The van der Waals surface area contributed by atoms with E-state index in [2.05, 4.69) is 0 Å². The van der Waals surface area contributed by atoms with E-state index in [9.17, 15) is 17.6 Å². The largest absolute Gasteiger partial charge is 0.497 e. The minimum absolute atomic E-state index is 0.0626. The number of halogens is 1. The van der Waals surface area contributed by atoms with Crippen molar-refractivity contribution in [3.05, 3.63) is 59.9 Å². The monoisotopic (exact) mass is 463 g/mol. The summed E-state index contributed by atoms with van der Waals surface area (Å²) in [6.45, 7) is 2.69. The number of ether oxygens (including phenoxy) is 2. The van der Waals surface area contributed by atoms with Crippen molar-refractivity contribution >= 4 is 16.0 Å². The predicted octanol–water partition coefficient (Wildman–Crippen LogP) is 4.39. The average Bonchev–Trinajstić information content (AvgIpc) is 2.80. The molecule has 0 aromatic heterocycles. The van der Waals surface area contributed by atoms with Crippen molar-refractivity contribution < 1.29 is 27.1 Å². The van der Waals surface area contributed by atoms with Crippen molar-refractivity contribution in [3.8, 4) is 5.75 Å². The first-order valence-corrected chi connectivity index (χ1v) is 12.3. The number of carbonyl (C=O) groups is 1. The van der Waals surface area contributed by atoms with Crippen molar-refractivity contribution in [2.45, 2.75) is 44.0 Å². The molecule has 0 saturated heterocycles. The van der Waals surface area contributed by atoms with Crippen LogP contribution in [-0.2, 0) is 26.1 Å². The van der Waals surface area contributed by atoms with E-state index in [1.807, 2.05) is 12.1 Å². The van der Waals surface area contributed by atoms with E-state index >= 15 is 0 Å². The molecule has 0 radical (unpaired) electrons. The Morgan fingerprint density at radius 3 is 2.22 bits per heavy atom. The normalized spacial score (nSPS) is 19.0. The van der Waals surface area contributed by atoms with E-state index in [1.54, 1.807) is 26.2 Å². The third-order valence-corrected chi connectivity index (χ3v) is 7.72. The molecule has 8 heteroatoms. The van der Waals surface area contributed by atoms with Gasteiger partial charge in [0, 0.05) is 13.1 Å². The zero-order chi connectivity index (χ0) is 23.1. The molecule has 0 bridgehead atoms. The SMILES string of the molecule is CCOC(=O)C1CCC(CN(Cc2ccc(OC)cc2)S(=O)(=O)c2ccc(F)cc2)CC1. The van der Waals surface area contributed by atoms with Crippen LogP contribution in [-0.4, -0.2) is 39.0 Å². The molecule has 174 valence electrons. The summed E-state index contributed by atoms with van der Waals surface area (Å²) >= 11 is 0. The molecule has 6 nitrogen and oxygen atoms in total. The highest BCUT2D eigenvalue weighted by Gasteiger charge is 2.32. The fourth-order valence-electron chi connectivity index (χ4n) is 4.07. The summed E-state index contributed by atoms with van der Waals surface area (Å²) in [5.74, 6) is 0.0611. The number of carbonyl (C=O) groups excluding carboxylic acids is 1. The van der Waals surface area contributed by atoms with Gasteiger partial charge < -0.3 is 9.47 Å². The third kappa shape index (κ3) is 6.07. The van der Waals surface area contributed by atoms with Gasteiger partial charge in [0.05, 0.1) is 24.5 Å². The molecule has 32 heavy (non-hydrogen) atoms. The smallest absolute Gasteiger partial charge is 0.308 e. The summed E-state index contributed by atoms with van der Waals surface area (Å²) < 4.78 is 52.0. The second-order valence-electron chi connectivity index (χ2n) is 8.07. The molecule has 2 aromatic rings. The van der Waals surface area contributed by atoms with Crippen LogP contribution in [0.4, 0.5) is 4.39 Å². The first-order valence-electron chi connectivity index (χ1n) is 10.9. The molecule has 2 aromatic carbocycles. The zero-order valence-electron chi connectivity index (χ0n) is 18.5. The number of hydrogen-bond acceptors (Lipinski definition) is 5. The van der Waals surface area contributed by atoms with Gasteiger partial charge >= 0.3 is 5.97 Å². The van der Waals surface area contributed by atoms with Crippen molar-refractivity contribution in [2.24, 2.45) is 11.8 Å². The van der Waals surface area contributed by atoms with Crippen molar-refractivity contribution in [2.75, 3.05) is 20.3 Å². The lowest BCUT2D eigenvalue weighted by atomic mass is 9.82. The highest BCUT2D eigenvalue weighted by atomic mass is 32.2. The van der Waals surface area contributed by atoms with Crippen molar-refractivity contribution in [1.82, 2.24) is 4.31 Å². The number of hydrogen-bond donors (Lipinski definition) is 0. The van der Waals surface area contributed by atoms with Crippen LogP contribution in [0.3, 0.4) is 0 Å². The highest BCUT2D eigenvalue weighted by Crippen LogP contribution is 2.32. The van der Waals surface area contributed by atoms with Gasteiger partial charge in [-0.05, 0) is 80.5 Å². The fraction of sp³-hybridized carbons (Fsp3) is 0.458. The molecule has 0 N–H and O–H groups in total. The summed E-state index contributed by atoms with van der Waals surface area (Å²) in [5, 5.41) is 0. The third-order valence-electron chi connectivity index (χ3n) is 5.90. The van der Waals surface area contributed by atoms with Gasteiger partial charge in [-0.25, -0.2) is 12.8 Å². The Hall–Kier alpha value is -2.45. The highest BCUT2D eigenvalue weighted by molar-refractivity contribution is 7.89. The van der Waals surface area contributed by atoms with Crippen LogP contribution in [0.15, 0.2) is 53.4 Å². The molecule has 0 aliphatic heterocycles. The average molecular weight is 464 g/mol. The van der Waals surface area contributed by atoms with Crippen LogP contribution in [0, 0.1) is 17.7 Å². The van der Waals surface area contributed by atoms with Crippen molar-refractivity contribution in [3.63, 3.8) is 0 Å². The lowest BCUT2D eigenvalue weighted by molar-refractivity contribution is -0.149. The van der Waals surface area contributed by atoms with Gasteiger partial charge in [-0.3, -0.25) is 4.79 Å². The topological polar surface area (TPSA) is 72.9 Å². The van der Waals surface area contributed by atoms with Gasteiger partial charge in [-0.15, -0.1) is 0 Å². The second-order valence-corrected chi connectivity index (χ2v) is 10.0. The summed E-state index contributed by atoms with van der Waals surface area (Å²) in [6.07, 6.45) is 2.88. The number of methoxy groups -OCH3 is 1. The Bertz CT molecular complexity index is 984. The maximum atomic E-state index is 13.4. The van der Waals surface area contributed by atoms with Gasteiger partial charge in [-0.2, -0.15) is 4.31 Å². The maximum Gasteiger partial charge on any atom is 0.308 e. The summed E-state index contributed by atoms with van der Waals surface area (Å²) in [7, 11) is -2.25. The van der Waals surface area contributed by atoms with E-state index in [0.29, 0.717) is 31.7 Å². The molecule has 0 spiro atoms.